The fraction of sp³-hybridized carbons (Fsp3) is 0.538. The van der Waals surface area contributed by atoms with Crippen molar-refractivity contribution in [1.82, 2.24) is 4.72 Å². The van der Waals surface area contributed by atoms with Gasteiger partial charge >= 0.3 is 0 Å². The Hall–Kier alpha value is -1.11. The molecule has 1 aromatic carbocycles. The number of ether oxygens (including phenoxy) is 1. The molecule has 0 amide bonds. The number of rotatable bonds is 8. The van der Waals surface area contributed by atoms with E-state index >= 15 is 0 Å². The van der Waals surface area contributed by atoms with Crippen LogP contribution in [0.15, 0.2) is 23.1 Å². The highest BCUT2D eigenvalue weighted by Crippen LogP contribution is 2.18. The molecule has 19 heavy (non-hydrogen) atoms. The molecule has 0 saturated heterocycles. The molecule has 6 heteroatoms. The van der Waals surface area contributed by atoms with Crippen LogP contribution in [0.3, 0.4) is 0 Å². The van der Waals surface area contributed by atoms with Crippen LogP contribution in [0.4, 0.5) is 5.69 Å². The molecule has 0 unspecified atom stereocenters. The van der Waals surface area contributed by atoms with Crippen LogP contribution >= 0.6 is 0 Å². The summed E-state index contributed by atoms with van der Waals surface area (Å²) in [6.45, 7) is 3.02. The lowest BCUT2D eigenvalue weighted by atomic mass is 10.1. The third-order valence-corrected chi connectivity index (χ3v) is 4.33. The van der Waals surface area contributed by atoms with Crippen molar-refractivity contribution in [3.63, 3.8) is 0 Å². The van der Waals surface area contributed by atoms with Gasteiger partial charge in [0.1, 0.15) is 0 Å². The van der Waals surface area contributed by atoms with Gasteiger partial charge in [-0.15, -0.1) is 0 Å². The summed E-state index contributed by atoms with van der Waals surface area (Å²) in [5.41, 5.74) is 7.29. The number of benzene rings is 1. The average Bonchev–Trinajstić information content (AvgIpc) is 2.38. The van der Waals surface area contributed by atoms with Gasteiger partial charge in [-0.3, -0.25) is 0 Å². The highest BCUT2D eigenvalue weighted by Gasteiger charge is 2.14. The Morgan fingerprint density at radius 3 is 2.63 bits per heavy atom. The van der Waals surface area contributed by atoms with E-state index in [0.29, 0.717) is 18.8 Å². The van der Waals surface area contributed by atoms with Crippen molar-refractivity contribution in [1.29, 1.82) is 0 Å². The minimum Gasteiger partial charge on any atom is -0.398 e. The number of nitrogens with one attached hydrogen (secondary N) is 1. The van der Waals surface area contributed by atoms with Gasteiger partial charge in [-0.2, -0.15) is 0 Å². The Bertz CT molecular complexity index is 501. The van der Waals surface area contributed by atoms with Crippen molar-refractivity contribution >= 4 is 15.7 Å². The number of anilines is 1. The predicted octanol–water partition coefficient (Wildman–Crippen LogP) is 1.54. The zero-order valence-corrected chi connectivity index (χ0v) is 12.3. The molecule has 0 aliphatic heterocycles. The van der Waals surface area contributed by atoms with Crippen LogP contribution in [-0.2, 0) is 21.2 Å². The quantitative estimate of drug-likeness (QED) is 0.561. The lowest BCUT2D eigenvalue weighted by Crippen LogP contribution is -2.25. The van der Waals surface area contributed by atoms with Gasteiger partial charge in [0.15, 0.2) is 0 Å². The fourth-order valence-corrected chi connectivity index (χ4v) is 2.83. The highest BCUT2D eigenvalue weighted by molar-refractivity contribution is 7.89. The summed E-state index contributed by atoms with van der Waals surface area (Å²) >= 11 is 0. The minimum absolute atomic E-state index is 0.217. The molecule has 0 fully saturated rings. The smallest absolute Gasteiger partial charge is 0.240 e. The standard InChI is InChI=1S/C13H22N2O3S/c1-3-11-6-7-12(10-13(11)14)19(16,17)15-8-4-5-9-18-2/h6-7,10,15H,3-5,8-9,14H2,1-2H3. The summed E-state index contributed by atoms with van der Waals surface area (Å²) in [5, 5.41) is 0. The third-order valence-electron chi connectivity index (χ3n) is 2.88. The van der Waals surface area contributed by atoms with E-state index in [-0.39, 0.29) is 4.90 Å². The van der Waals surface area contributed by atoms with E-state index in [4.69, 9.17) is 10.5 Å². The number of unbranched alkanes of at least 4 members (excludes halogenated alkanes) is 1. The van der Waals surface area contributed by atoms with Gasteiger partial charge in [0.2, 0.25) is 10.0 Å². The van der Waals surface area contributed by atoms with Crippen LogP contribution in [0, 0.1) is 0 Å². The van der Waals surface area contributed by atoms with Crippen LogP contribution in [-0.4, -0.2) is 28.7 Å². The molecule has 0 aliphatic rings. The van der Waals surface area contributed by atoms with E-state index in [1.165, 1.54) is 6.07 Å². The molecule has 0 spiro atoms. The summed E-state index contributed by atoms with van der Waals surface area (Å²) in [6, 6.07) is 4.86. The maximum absolute atomic E-state index is 12.0. The van der Waals surface area contributed by atoms with Crippen LogP contribution in [0.25, 0.3) is 0 Å². The zero-order chi connectivity index (χ0) is 14.3. The number of nitrogen functional groups attached to an aromatic ring is 1. The second kappa shape index (κ2) is 7.47. The molecule has 1 rings (SSSR count). The molecule has 108 valence electrons. The summed E-state index contributed by atoms with van der Waals surface area (Å²) in [4.78, 5) is 0.217. The second-order valence-electron chi connectivity index (χ2n) is 4.31. The highest BCUT2D eigenvalue weighted by atomic mass is 32.2. The molecule has 0 heterocycles. The number of methoxy groups -OCH3 is 1. The number of hydrogen-bond acceptors (Lipinski definition) is 4. The lowest BCUT2D eigenvalue weighted by Gasteiger charge is -2.09. The van der Waals surface area contributed by atoms with Crippen molar-refractivity contribution in [3.05, 3.63) is 23.8 Å². The van der Waals surface area contributed by atoms with Gasteiger partial charge in [0.25, 0.3) is 0 Å². The molecule has 1 aromatic rings. The molecule has 0 radical (unpaired) electrons. The fourth-order valence-electron chi connectivity index (χ4n) is 1.72. The van der Waals surface area contributed by atoms with Crippen molar-refractivity contribution in [2.45, 2.75) is 31.1 Å². The maximum atomic E-state index is 12.0. The molecule has 0 bridgehead atoms. The van der Waals surface area contributed by atoms with E-state index in [2.05, 4.69) is 4.72 Å². The number of hydrogen-bond donors (Lipinski definition) is 2. The van der Waals surface area contributed by atoms with Crippen molar-refractivity contribution in [3.8, 4) is 0 Å². The topological polar surface area (TPSA) is 81.4 Å². The van der Waals surface area contributed by atoms with Crippen LogP contribution in [0.5, 0.6) is 0 Å². The summed E-state index contributed by atoms with van der Waals surface area (Å²) < 4.78 is 31.5. The normalized spacial score (nSPS) is 11.7. The van der Waals surface area contributed by atoms with Crippen molar-refractivity contribution in [2.24, 2.45) is 0 Å². The van der Waals surface area contributed by atoms with Crippen LogP contribution in [0.1, 0.15) is 25.3 Å². The SMILES string of the molecule is CCc1ccc(S(=O)(=O)NCCCCOC)cc1N. The Morgan fingerprint density at radius 2 is 2.05 bits per heavy atom. The van der Waals surface area contributed by atoms with E-state index in [1.807, 2.05) is 6.92 Å². The Balaban J connectivity index is 2.64. The van der Waals surface area contributed by atoms with Gasteiger partial charge in [-0.05, 0) is 37.0 Å². The van der Waals surface area contributed by atoms with E-state index in [9.17, 15) is 8.42 Å². The molecule has 0 saturated carbocycles. The Morgan fingerprint density at radius 1 is 1.32 bits per heavy atom. The predicted molar refractivity (Wildman–Crippen MR) is 76.5 cm³/mol. The molecule has 5 nitrogen and oxygen atoms in total. The summed E-state index contributed by atoms with van der Waals surface area (Å²) in [5.74, 6) is 0. The first-order valence-electron chi connectivity index (χ1n) is 6.38. The maximum Gasteiger partial charge on any atom is 0.240 e. The van der Waals surface area contributed by atoms with E-state index < -0.39 is 10.0 Å². The van der Waals surface area contributed by atoms with Crippen LogP contribution in [0.2, 0.25) is 0 Å². The van der Waals surface area contributed by atoms with E-state index in [0.717, 1.165) is 24.8 Å². The first kappa shape index (κ1) is 15.9. The Labute approximate surface area is 115 Å². The first-order chi connectivity index (χ1) is 9.01. The molecule has 0 aliphatic carbocycles. The lowest BCUT2D eigenvalue weighted by molar-refractivity contribution is 0.193. The third kappa shape index (κ3) is 4.81. The molecular formula is C13H22N2O3S. The van der Waals surface area contributed by atoms with Gasteiger partial charge < -0.3 is 10.5 Å². The first-order valence-corrected chi connectivity index (χ1v) is 7.86. The van der Waals surface area contributed by atoms with Gasteiger partial charge in [-0.1, -0.05) is 13.0 Å². The monoisotopic (exact) mass is 286 g/mol. The van der Waals surface area contributed by atoms with Crippen molar-refractivity contribution < 1.29 is 13.2 Å². The zero-order valence-electron chi connectivity index (χ0n) is 11.5. The number of sulfonamides is 1. The summed E-state index contributed by atoms with van der Waals surface area (Å²) in [7, 11) is -1.84. The van der Waals surface area contributed by atoms with Gasteiger partial charge in [0, 0.05) is 25.9 Å². The van der Waals surface area contributed by atoms with Crippen molar-refractivity contribution in [2.75, 3.05) is 26.0 Å². The molecule has 0 aromatic heterocycles. The summed E-state index contributed by atoms with van der Waals surface area (Å²) in [6.07, 6.45) is 2.36. The molecular weight excluding hydrogens is 264 g/mol. The van der Waals surface area contributed by atoms with Crippen LogP contribution < -0.4 is 10.5 Å². The average molecular weight is 286 g/mol. The minimum atomic E-state index is -3.47. The number of nitrogens with two attached hydrogens (primary N) is 1. The largest absolute Gasteiger partial charge is 0.398 e. The second-order valence-corrected chi connectivity index (χ2v) is 6.08. The van der Waals surface area contributed by atoms with Gasteiger partial charge in [0.05, 0.1) is 4.90 Å². The van der Waals surface area contributed by atoms with E-state index in [1.54, 1.807) is 19.2 Å². The molecule has 3 N–H and O–H groups in total. The van der Waals surface area contributed by atoms with Gasteiger partial charge in [-0.25, -0.2) is 13.1 Å². The Kier molecular flexibility index (Phi) is 6.27. The number of aryl methyl sites for hydroxylation is 1. The molecule has 0 atom stereocenters.